The maximum Gasteiger partial charge on any atom is 0.124 e. The lowest BCUT2D eigenvalue weighted by Gasteiger charge is -1.70. The first-order valence-corrected chi connectivity index (χ1v) is 6.40. The summed E-state index contributed by atoms with van der Waals surface area (Å²) in [6.45, 7) is 0. The molecule has 1 nitrogen and oxygen atoms in total. The fourth-order valence-corrected chi connectivity index (χ4v) is 1.30. The second kappa shape index (κ2) is 4.14. The number of aromatic nitrogens is 1. The molecule has 0 aliphatic carbocycles. The molecule has 1 rings (SSSR count). The molecule has 0 aromatic carbocycles. The van der Waals surface area contributed by atoms with E-state index in [1.165, 1.54) is 8.93 Å². The summed E-state index contributed by atoms with van der Waals surface area (Å²) in [5, 5.41) is 4.78. The second-order valence-electron chi connectivity index (χ2n) is 1.18. The van der Waals surface area contributed by atoms with Gasteiger partial charge in [-0.25, -0.2) is 4.98 Å². The third kappa shape index (κ3) is 2.56. The van der Waals surface area contributed by atoms with Gasteiger partial charge in [-0.3, -0.25) is 0 Å². The molecule has 0 aliphatic rings. The SMILES string of the molecule is ISC#Cc1cscn1. The molecule has 0 N–H and O–H groups in total. The molecular formula is C5H2INS2. The monoisotopic (exact) mass is 267 g/mol. The van der Waals surface area contributed by atoms with Crippen LogP contribution in [0.2, 0.25) is 0 Å². The summed E-state index contributed by atoms with van der Waals surface area (Å²) in [6.07, 6.45) is 0. The summed E-state index contributed by atoms with van der Waals surface area (Å²) >= 11 is 3.70. The van der Waals surface area contributed by atoms with Crippen LogP contribution in [-0.4, -0.2) is 4.98 Å². The standard InChI is InChI=1S/C5H2INS2/c6-9-2-1-5-3-8-4-7-5/h3-4H. The Kier molecular flexibility index (Phi) is 3.40. The average molecular weight is 267 g/mol. The van der Waals surface area contributed by atoms with Gasteiger partial charge in [0, 0.05) is 26.6 Å². The van der Waals surface area contributed by atoms with Gasteiger partial charge in [-0.05, 0) is 20.1 Å². The molecule has 1 aromatic heterocycles. The Morgan fingerprint density at radius 1 is 1.78 bits per heavy atom. The van der Waals surface area contributed by atoms with Gasteiger partial charge in [0.15, 0.2) is 0 Å². The van der Waals surface area contributed by atoms with Crippen LogP contribution >= 0.6 is 41.5 Å². The molecule has 0 radical (unpaired) electrons. The zero-order chi connectivity index (χ0) is 6.53. The summed E-state index contributed by atoms with van der Waals surface area (Å²) in [5.74, 6) is 2.88. The molecule has 0 aliphatic heterocycles. The van der Waals surface area contributed by atoms with Crippen molar-refractivity contribution in [1.82, 2.24) is 4.98 Å². The van der Waals surface area contributed by atoms with Crippen molar-refractivity contribution in [2.24, 2.45) is 0 Å². The molecule has 0 unspecified atom stereocenters. The van der Waals surface area contributed by atoms with Crippen molar-refractivity contribution in [1.29, 1.82) is 0 Å². The molecule has 0 fully saturated rings. The van der Waals surface area contributed by atoms with Gasteiger partial charge < -0.3 is 0 Å². The Morgan fingerprint density at radius 2 is 2.67 bits per heavy atom. The van der Waals surface area contributed by atoms with Crippen LogP contribution in [0.25, 0.3) is 0 Å². The highest BCUT2D eigenvalue weighted by atomic mass is 127. The van der Waals surface area contributed by atoms with E-state index < -0.39 is 0 Å². The van der Waals surface area contributed by atoms with Crippen LogP contribution in [0.4, 0.5) is 0 Å². The van der Waals surface area contributed by atoms with Crippen molar-refractivity contribution < 1.29 is 0 Å². The molecule has 0 saturated carbocycles. The number of hydrogen-bond donors (Lipinski definition) is 0. The topological polar surface area (TPSA) is 12.9 Å². The number of nitrogens with zero attached hydrogens (tertiary/aromatic N) is 1. The van der Waals surface area contributed by atoms with Gasteiger partial charge in [0.1, 0.15) is 5.69 Å². The van der Waals surface area contributed by atoms with Gasteiger partial charge in [0.25, 0.3) is 0 Å². The van der Waals surface area contributed by atoms with E-state index in [-0.39, 0.29) is 0 Å². The van der Waals surface area contributed by atoms with Gasteiger partial charge in [-0.1, -0.05) is 0 Å². The van der Waals surface area contributed by atoms with E-state index in [4.69, 9.17) is 0 Å². The lowest BCUT2D eigenvalue weighted by molar-refractivity contribution is 1.38. The number of rotatable bonds is 0. The quantitative estimate of drug-likeness (QED) is 0.529. The Balaban J connectivity index is 2.67. The molecule has 4 heteroatoms. The highest BCUT2D eigenvalue weighted by molar-refractivity contribution is 14.2. The highest BCUT2D eigenvalue weighted by Crippen LogP contribution is 2.07. The van der Waals surface area contributed by atoms with E-state index in [1.807, 2.05) is 5.38 Å². The molecule has 46 valence electrons. The van der Waals surface area contributed by atoms with Gasteiger partial charge in [-0.2, -0.15) is 0 Å². The first-order chi connectivity index (χ1) is 4.43. The van der Waals surface area contributed by atoms with Crippen molar-refractivity contribution in [2.45, 2.75) is 0 Å². The van der Waals surface area contributed by atoms with Crippen molar-refractivity contribution in [2.75, 3.05) is 0 Å². The van der Waals surface area contributed by atoms with Crippen molar-refractivity contribution in [3.05, 3.63) is 16.6 Å². The predicted octanol–water partition coefficient (Wildman–Crippen LogP) is 2.54. The second-order valence-corrected chi connectivity index (χ2v) is 3.58. The third-order valence-electron chi connectivity index (χ3n) is 0.650. The summed E-state index contributed by atoms with van der Waals surface area (Å²) < 4.78 is 0. The number of thiazole rings is 1. The lowest BCUT2D eigenvalue weighted by Crippen LogP contribution is -1.66. The van der Waals surface area contributed by atoms with Gasteiger partial charge >= 0.3 is 0 Å². The normalized spacial score (nSPS) is 8.11. The molecule has 0 amide bonds. The molecular weight excluding hydrogens is 265 g/mol. The van der Waals surface area contributed by atoms with Crippen molar-refractivity contribution in [3.63, 3.8) is 0 Å². The van der Waals surface area contributed by atoms with Gasteiger partial charge in [0.05, 0.1) is 5.51 Å². The van der Waals surface area contributed by atoms with Gasteiger partial charge in [0.2, 0.25) is 0 Å². The molecule has 0 saturated heterocycles. The fourth-order valence-electron chi connectivity index (χ4n) is 0.346. The minimum atomic E-state index is 0.865. The highest BCUT2D eigenvalue weighted by Gasteiger charge is 1.83. The first kappa shape index (κ1) is 7.38. The maximum atomic E-state index is 3.98. The Bertz CT molecular complexity index is 221. The zero-order valence-electron chi connectivity index (χ0n) is 4.30. The van der Waals surface area contributed by atoms with E-state index in [9.17, 15) is 0 Å². The zero-order valence-corrected chi connectivity index (χ0v) is 8.09. The molecule has 0 spiro atoms. The summed E-state index contributed by atoms with van der Waals surface area (Å²) in [7, 11) is 1.47. The van der Waals surface area contributed by atoms with E-state index in [2.05, 4.69) is 37.4 Å². The molecule has 1 heterocycles. The Labute approximate surface area is 73.9 Å². The summed E-state index contributed by atoms with van der Waals surface area (Å²) in [6, 6.07) is 0. The lowest BCUT2D eigenvalue weighted by atomic mass is 10.5. The Morgan fingerprint density at radius 3 is 3.22 bits per heavy atom. The van der Waals surface area contributed by atoms with E-state index in [0.29, 0.717) is 0 Å². The van der Waals surface area contributed by atoms with E-state index >= 15 is 0 Å². The average Bonchev–Trinajstić information content (AvgIpc) is 2.34. The van der Waals surface area contributed by atoms with Crippen LogP contribution in [0.3, 0.4) is 0 Å². The smallest absolute Gasteiger partial charge is 0.124 e. The summed E-state index contributed by atoms with van der Waals surface area (Å²) in [5.41, 5.74) is 2.64. The minimum Gasteiger partial charge on any atom is -0.236 e. The number of hydrogen-bond acceptors (Lipinski definition) is 3. The first-order valence-electron chi connectivity index (χ1n) is 2.10. The maximum absolute atomic E-state index is 3.98. The van der Waals surface area contributed by atoms with E-state index in [1.54, 1.807) is 16.8 Å². The summed E-state index contributed by atoms with van der Waals surface area (Å²) in [4.78, 5) is 3.98. The molecule has 1 aromatic rings. The van der Waals surface area contributed by atoms with Crippen molar-refractivity contribution in [3.8, 4) is 11.2 Å². The van der Waals surface area contributed by atoms with Gasteiger partial charge in [-0.15, -0.1) is 11.3 Å². The van der Waals surface area contributed by atoms with Crippen LogP contribution in [-0.2, 0) is 0 Å². The largest absolute Gasteiger partial charge is 0.236 e. The van der Waals surface area contributed by atoms with Crippen LogP contribution in [0, 0.1) is 11.2 Å². The Hall–Kier alpha value is 0.270. The minimum absolute atomic E-state index is 0.865. The molecule has 0 atom stereocenters. The van der Waals surface area contributed by atoms with Crippen molar-refractivity contribution >= 4 is 41.5 Å². The fraction of sp³-hybridized carbons (Fsp3) is 0. The molecule has 9 heavy (non-hydrogen) atoms. The van der Waals surface area contributed by atoms with E-state index in [0.717, 1.165) is 5.69 Å². The predicted molar refractivity (Wildman–Crippen MR) is 50.6 cm³/mol. The van der Waals surface area contributed by atoms with Crippen LogP contribution in [0.5, 0.6) is 0 Å². The van der Waals surface area contributed by atoms with Crippen LogP contribution in [0.1, 0.15) is 5.69 Å². The molecule has 0 bridgehead atoms. The third-order valence-corrected chi connectivity index (χ3v) is 2.08. The van der Waals surface area contributed by atoms with Crippen LogP contribution in [0.15, 0.2) is 10.9 Å². The van der Waals surface area contributed by atoms with Crippen LogP contribution < -0.4 is 0 Å². The number of halogens is 1.